The van der Waals surface area contributed by atoms with Gasteiger partial charge in [0.25, 0.3) is 0 Å². The molecule has 292 valence electrons. The highest BCUT2D eigenvalue weighted by Gasteiger charge is 2.20. The van der Waals surface area contributed by atoms with Crippen LogP contribution in [0.1, 0.15) is 239 Å². The van der Waals surface area contributed by atoms with E-state index < -0.39 is 0 Å². The number of carbonyl (C=O) groups excluding carboxylic acids is 2. The van der Waals surface area contributed by atoms with Crippen molar-refractivity contribution in [2.75, 3.05) is 24.7 Å². The molecule has 5 heteroatoms. The third-order valence-electron chi connectivity index (χ3n) is 10.0. The normalized spacial score (nSPS) is 12.0. The SMILES string of the molecule is CCCCCCCCCCCCCCC(CSCCC(=O)OCCCCCCCCCCCC)C(=O)OCCCCCCCCCCCC. The first-order valence-corrected chi connectivity index (χ1v) is 23.2. The lowest BCUT2D eigenvalue weighted by molar-refractivity contribution is -0.148. The van der Waals surface area contributed by atoms with E-state index in [4.69, 9.17) is 9.47 Å². The van der Waals surface area contributed by atoms with E-state index in [2.05, 4.69) is 20.8 Å². The highest BCUT2D eigenvalue weighted by molar-refractivity contribution is 7.99. The molecule has 0 aliphatic heterocycles. The van der Waals surface area contributed by atoms with E-state index in [-0.39, 0.29) is 17.9 Å². The summed E-state index contributed by atoms with van der Waals surface area (Å²) < 4.78 is 11.3. The van der Waals surface area contributed by atoms with Gasteiger partial charge >= 0.3 is 11.9 Å². The molecular formula is C44H86O4S. The average Bonchev–Trinajstić information content (AvgIpc) is 3.10. The van der Waals surface area contributed by atoms with Crippen molar-refractivity contribution in [1.29, 1.82) is 0 Å². The van der Waals surface area contributed by atoms with Crippen molar-refractivity contribution in [1.82, 2.24) is 0 Å². The van der Waals surface area contributed by atoms with Crippen molar-refractivity contribution in [3.05, 3.63) is 0 Å². The maximum atomic E-state index is 13.1. The predicted molar refractivity (Wildman–Crippen MR) is 217 cm³/mol. The second kappa shape index (κ2) is 41.7. The van der Waals surface area contributed by atoms with Gasteiger partial charge in [-0.25, -0.2) is 0 Å². The number of unbranched alkanes of at least 4 members (excludes halogenated alkanes) is 29. The van der Waals surface area contributed by atoms with Crippen LogP contribution in [0.15, 0.2) is 0 Å². The lowest BCUT2D eigenvalue weighted by atomic mass is 10.0. The first-order valence-electron chi connectivity index (χ1n) is 22.1. The van der Waals surface area contributed by atoms with Crippen LogP contribution in [0, 0.1) is 5.92 Å². The van der Waals surface area contributed by atoms with Gasteiger partial charge in [0.05, 0.1) is 25.6 Å². The maximum Gasteiger partial charge on any atom is 0.309 e. The molecule has 0 amide bonds. The number of ether oxygens (including phenoxy) is 2. The van der Waals surface area contributed by atoms with Gasteiger partial charge in [0.15, 0.2) is 0 Å². The Labute approximate surface area is 311 Å². The average molecular weight is 711 g/mol. The fraction of sp³-hybridized carbons (Fsp3) is 0.955. The Morgan fingerprint density at radius 3 is 1.14 bits per heavy atom. The lowest BCUT2D eigenvalue weighted by Gasteiger charge is -2.16. The Kier molecular flexibility index (Phi) is 41.1. The van der Waals surface area contributed by atoms with Crippen LogP contribution in [0.25, 0.3) is 0 Å². The molecule has 0 rings (SSSR count). The number of esters is 2. The zero-order valence-corrected chi connectivity index (χ0v) is 34.3. The van der Waals surface area contributed by atoms with Crippen molar-refractivity contribution in [2.24, 2.45) is 5.92 Å². The molecule has 0 aromatic carbocycles. The molecule has 0 bridgehead atoms. The Morgan fingerprint density at radius 1 is 0.429 bits per heavy atom. The summed E-state index contributed by atoms with van der Waals surface area (Å²) in [6, 6.07) is 0. The minimum atomic E-state index is -0.0931. The van der Waals surface area contributed by atoms with Crippen molar-refractivity contribution in [2.45, 2.75) is 239 Å². The van der Waals surface area contributed by atoms with E-state index in [0.717, 1.165) is 50.0 Å². The van der Waals surface area contributed by atoms with Gasteiger partial charge in [0, 0.05) is 11.5 Å². The number of hydrogen-bond donors (Lipinski definition) is 0. The number of carbonyl (C=O) groups is 2. The van der Waals surface area contributed by atoms with E-state index in [9.17, 15) is 9.59 Å². The molecule has 0 saturated heterocycles. The number of hydrogen-bond acceptors (Lipinski definition) is 5. The molecule has 1 unspecified atom stereocenters. The van der Waals surface area contributed by atoms with Gasteiger partial charge in [-0.3, -0.25) is 9.59 Å². The molecule has 1 atom stereocenters. The van der Waals surface area contributed by atoms with E-state index in [1.807, 2.05) is 0 Å². The molecule has 4 nitrogen and oxygen atoms in total. The van der Waals surface area contributed by atoms with Gasteiger partial charge in [0.2, 0.25) is 0 Å². The fourth-order valence-corrected chi connectivity index (χ4v) is 7.67. The molecule has 0 N–H and O–H groups in total. The molecule has 0 aliphatic carbocycles. The van der Waals surface area contributed by atoms with Crippen LogP contribution in [-0.4, -0.2) is 36.7 Å². The second-order valence-corrected chi connectivity index (χ2v) is 16.1. The first-order chi connectivity index (χ1) is 24.2. The zero-order valence-electron chi connectivity index (χ0n) is 33.5. The quantitative estimate of drug-likeness (QED) is 0.0467. The molecule has 0 saturated carbocycles. The first kappa shape index (κ1) is 48.3. The van der Waals surface area contributed by atoms with E-state index >= 15 is 0 Å². The molecule has 0 aliphatic rings. The summed E-state index contributed by atoms with van der Waals surface area (Å²) in [4.78, 5) is 25.3. The third-order valence-corrected chi connectivity index (χ3v) is 11.1. The van der Waals surface area contributed by atoms with E-state index in [0.29, 0.717) is 19.6 Å². The van der Waals surface area contributed by atoms with Crippen LogP contribution in [0.4, 0.5) is 0 Å². The Hall–Kier alpha value is -0.710. The molecule has 0 heterocycles. The maximum absolute atomic E-state index is 13.1. The van der Waals surface area contributed by atoms with Gasteiger partial charge in [-0.2, -0.15) is 11.8 Å². The summed E-state index contributed by atoms with van der Waals surface area (Å²) in [5.41, 5.74) is 0. The van der Waals surface area contributed by atoms with Gasteiger partial charge in [-0.05, 0) is 19.3 Å². The van der Waals surface area contributed by atoms with Crippen molar-refractivity contribution >= 4 is 23.7 Å². The van der Waals surface area contributed by atoms with Crippen LogP contribution in [0.3, 0.4) is 0 Å². The smallest absolute Gasteiger partial charge is 0.309 e. The number of rotatable bonds is 41. The molecule has 0 aromatic heterocycles. The molecule has 0 spiro atoms. The largest absolute Gasteiger partial charge is 0.466 e. The highest BCUT2D eigenvalue weighted by atomic mass is 32.2. The Bertz CT molecular complexity index is 669. The van der Waals surface area contributed by atoms with Crippen LogP contribution in [-0.2, 0) is 19.1 Å². The summed E-state index contributed by atoms with van der Waals surface area (Å²) in [7, 11) is 0. The van der Waals surface area contributed by atoms with Crippen LogP contribution >= 0.6 is 11.8 Å². The van der Waals surface area contributed by atoms with Crippen molar-refractivity contribution in [3.63, 3.8) is 0 Å². The second-order valence-electron chi connectivity index (χ2n) is 15.0. The summed E-state index contributed by atoms with van der Waals surface area (Å²) >= 11 is 1.72. The van der Waals surface area contributed by atoms with Crippen molar-refractivity contribution in [3.8, 4) is 0 Å². The highest BCUT2D eigenvalue weighted by Crippen LogP contribution is 2.21. The summed E-state index contributed by atoms with van der Waals surface area (Å²) in [6.07, 6.45) is 42.9. The third kappa shape index (κ3) is 38.4. The summed E-state index contributed by atoms with van der Waals surface area (Å²) in [5, 5.41) is 0. The van der Waals surface area contributed by atoms with Gasteiger partial charge in [-0.15, -0.1) is 0 Å². The predicted octanol–water partition coefficient (Wildman–Crippen LogP) is 14.7. The van der Waals surface area contributed by atoms with E-state index in [1.54, 1.807) is 11.8 Å². The zero-order chi connectivity index (χ0) is 35.7. The minimum Gasteiger partial charge on any atom is -0.466 e. The molecule has 49 heavy (non-hydrogen) atoms. The van der Waals surface area contributed by atoms with Crippen LogP contribution in [0.2, 0.25) is 0 Å². The Balaban J connectivity index is 4.16. The molecule has 0 radical (unpaired) electrons. The van der Waals surface area contributed by atoms with Gasteiger partial charge in [-0.1, -0.05) is 213 Å². The standard InChI is InChI=1S/C44H86O4S/c1-4-7-10-13-16-19-22-23-24-27-30-33-36-42(44(46)48-39-35-32-29-26-21-18-15-12-9-6-3)41-49-40-37-43(45)47-38-34-31-28-25-20-17-14-11-8-5-2/h42H,4-41H2,1-3H3. The fourth-order valence-electron chi connectivity index (χ4n) is 6.61. The van der Waals surface area contributed by atoms with Gasteiger partial charge in [0.1, 0.15) is 0 Å². The summed E-state index contributed by atoms with van der Waals surface area (Å²) in [5.74, 6) is 1.30. The van der Waals surface area contributed by atoms with Gasteiger partial charge < -0.3 is 9.47 Å². The van der Waals surface area contributed by atoms with Crippen LogP contribution < -0.4 is 0 Å². The minimum absolute atomic E-state index is 0.0185. The van der Waals surface area contributed by atoms with Crippen molar-refractivity contribution < 1.29 is 19.1 Å². The van der Waals surface area contributed by atoms with Crippen LogP contribution in [0.5, 0.6) is 0 Å². The number of thioether (sulfide) groups is 1. The van der Waals surface area contributed by atoms with E-state index in [1.165, 1.54) is 173 Å². The molecule has 0 aromatic rings. The topological polar surface area (TPSA) is 52.6 Å². The summed E-state index contributed by atoms with van der Waals surface area (Å²) in [6.45, 7) is 7.92. The Morgan fingerprint density at radius 2 is 0.755 bits per heavy atom. The molecular weight excluding hydrogens is 625 g/mol. The molecule has 0 fully saturated rings. The lowest BCUT2D eigenvalue weighted by Crippen LogP contribution is -2.21. The monoisotopic (exact) mass is 711 g/mol.